The van der Waals surface area contributed by atoms with Crippen LogP contribution in [0.4, 0.5) is 5.69 Å². The maximum absolute atomic E-state index is 12.7. The average molecular weight is 283 g/mol. The highest BCUT2D eigenvalue weighted by molar-refractivity contribution is 6.11. The fraction of sp³-hybridized carbons (Fsp3) is 0.235. The molecule has 0 bridgehead atoms. The summed E-state index contributed by atoms with van der Waals surface area (Å²) in [6, 6.07) is 11.0. The van der Waals surface area contributed by atoms with Crippen molar-refractivity contribution >= 4 is 11.5 Å². The smallest absolute Gasteiger partial charge is 0.196 e. The third-order valence-corrected chi connectivity index (χ3v) is 3.73. The van der Waals surface area contributed by atoms with Gasteiger partial charge in [-0.1, -0.05) is 0 Å². The van der Waals surface area contributed by atoms with Gasteiger partial charge in [-0.2, -0.15) is 0 Å². The van der Waals surface area contributed by atoms with E-state index in [2.05, 4.69) is 5.32 Å². The van der Waals surface area contributed by atoms with Gasteiger partial charge in [0.05, 0.1) is 19.8 Å². The first-order chi connectivity index (χ1) is 10.2. The third kappa shape index (κ3) is 2.44. The molecule has 4 heteroatoms. The van der Waals surface area contributed by atoms with Crippen LogP contribution in [0.15, 0.2) is 36.4 Å². The van der Waals surface area contributed by atoms with Crippen LogP contribution in [0, 0.1) is 0 Å². The van der Waals surface area contributed by atoms with Crippen LogP contribution in [-0.2, 0) is 6.42 Å². The van der Waals surface area contributed by atoms with Crippen molar-refractivity contribution in [1.29, 1.82) is 0 Å². The highest BCUT2D eigenvalue weighted by atomic mass is 16.5. The minimum atomic E-state index is -0.0551. The van der Waals surface area contributed by atoms with Crippen LogP contribution in [0.25, 0.3) is 0 Å². The van der Waals surface area contributed by atoms with E-state index < -0.39 is 0 Å². The van der Waals surface area contributed by atoms with Gasteiger partial charge in [-0.05, 0) is 48.4 Å². The van der Waals surface area contributed by atoms with Gasteiger partial charge >= 0.3 is 0 Å². The van der Waals surface area contributed by atoms with Crippen molar-refractivity contribution in [2.24, 2.45) is 0 Å². The normalized spacial score (nSPS) is 12.5. The number of ether oxygens (including phenoxy) is 2. The Morgan fingerprint density at radius 2 is 1.95 bits per heavy atom. The molecule has 1 aliphatic rings. The summed E-state index contributed by atoms with van der Waals surface area (Å²) in [7, 11) is 3.14. The fourth-order valence-electron chi connectivity index (χ4n) is 2.59. The maximum Gasteiger partial charge on any atom is 0.196 e. The number of benzene rings is 2. The summed E-state index contributed by atoms with van der Waals surface area (Å²) in [6.07, 6.45) is 0.950. The topological polar surface area (TPSA) is 47.6 Å². The Morgan fingerprint density at radius 1 is 1.10 bits per heavy atom. The molecule has 0 spiro atoms. The van der Waals surface area contributed by atoms with Gasteiger partial charge < -0.3 is 14.8 Å². The molecule has 3 rings (SSSR count). The zero-order valence-corrected chi connectivity index (χ0v) is 12.1. The predicted molar refractivity (Wildman–Crippen MR) is 81.6 cm³/mol. The second-order valence-corrected chi connectivity index (χ2v) is 4.94. The minimum absolute atomic E-state index is 0.0551. The molecule has 108 valence electrons. The molecule has 4 nitrogen and oxygen atoms in total. The second kappa shape index (κ2) is 5.48. The van der Waals surface area contributed by atoms with E-state index in [9.17, 15) is 4.79 Å². The highest BCUT2D eigenvalue weighted by Crippen LogP contribution is 2.29. The van der Waals surface area contributed by atoms with E-state index in [-0.39, 0.29) is 5.78 Å². The van der Waals surface area contributed by atoms with Crippen LogP contribution in [0.1, 0.15) is 21.5 Å². The summed E-state index contributed by atoms with van der Waals surface area (Å²) in [5, 5.41) is 3.29. The van der Waals surface area contributed by atoms with Crippen LogP contribution in [0.5, 0.6) is 11.5 Å². The Balaban J connectivity index is 2.01. The molecule has 1 aliphatic heterocycles. The van der Waals surface area contributed by atoms with E-state index in [0.29, 0.717) is 22.6 Å². The van der Waals surface area contributed by atoms with Crippen molar-refractivity contribution in [2.45, 2.75) is 6.42 Å². The van der Waals surface area contributed by atoms with Crippen molar-refractivity contribution in [3.63, 3.8) is 0 Å². The number of carbonyl (C=O) groups excluding carboxylic acids is 1. The lowest BCUT2D eigenvalue weighted by molar-refractivity contribution is 0.103. The number of rotatable bonds is 4. The lowest BCUT2D eigenvalue weighted by Crippen LogP contribution is -2.05. The lowest BCUT2D eigenvalue weighted by atomic mass is 9.99. The van der Waals surface area contributed by atoms with Crippen LogP contribution >= 0.6 is 0 Å². The predicted octanol–water partition coefficient (Wildman–Crippen LogP) is 2.90. The molecule has 1 heterocycles. The summed E-state index contributed by atoms with van der Waals surface area (Å²) in [6.45, 7) is 0.926. The van der Waals surface area contributed by atoms with Gasteiger partial charge in [0.15, 0.2) is 5.78 Å². The first-order valence-corrected chi connectivity index (χ1v) is 6.86. The fourth-order valence-corrected chi connectivity index (χ4v) is 2.59. The number of hydrogen-bond donors (Lipinski definition) is 1. The van der Waals surface area contributed by atoms with Gasteiger partial charge in [0, 0.05) is 17.8 Å². The van der Waals surface area contributed by atoms with E-state index >= 15 is 0 Å². The Labute approximate surface area is 123 Å². The number of ketones is 1. The summed E-state index contributed by atoms with van der Waals surface area (Å²) < 4.78 is 10.5. The molecule has 21 heavy (non-hydrogen) atoms. The van der Waals surface area contributed by atoms with E-state index in [1.165, 1.54) is 5.56 Å². The standard InChI is InChI=1S/C17H17NO3/c1-20-13-4-6-16(21-2)14(10-13)17(19)12-3-5-15-11(9-12)7-8-18-15/h3-6,9-10,18H,7-8H2,1-2H3. The van der Waals surface area contributed by atoms with Gasteiger partial charge in [-0.15, -0.1) is 0 Å². The largest absolute Gasteiger partial charge is 0.497 e. The first kappa shape index (κ1) is 13.5. The highest BCUT2D eigenvalue weighted by Gasteiger charge is 2.18. The van der Waals surface area contributed by atoms with Crippen LogP contribution in [0.2, 0.25) is 0 Å². The molecule has 0 atom stereocenters. The number of anilines is 1. The summed E-state index contributed by atoms with van der Waals surface area (Å²) in [4.78, 5) is 12.7. The molecule has 0 aliphatic carbocycles. The third-order valence-electron chi connectivity index (χ3n) is 3.73. The van der Waals surface area contributed by atoms with Gasteiger partial charge in [0.25, 0.3) is 0 Å². The SMILES string of the molecule is COc1ccc(OC)c(C(=O)c2ccc3c(c2)CCN3)c1. The molecular weight excluding hydrogens is 266 g/mol. The molecule has 0 saturated carbocycles. The number of methoxy groups -OCH3 is 2. The van der Waals surface area contributed by atoms with Crippen molar-refractivity contribution in [2.75, 3.05) is 26.1 Å². The van der Waals surface area contributed by atoms with Gasteiger partial charge in [0.1, 0.15) is 11.5 Å². The van der Waals surface area contributed by atoms with Crippen LogP contribution in [0.3, 0.4) is 0 Å². The summed E-state index contributed by atoms with van der Waals surface area (Å²) in [5.41, 5.74) is 3.48. The van der Waals surface area contributed by atoms with E-state index in [1.807, 2.05) is 18.2 Å². The molecule has 1 N–H and O–H groups in total. The zero-order valence-electron chi connectivity index (χ0n) is 12.1. The Bertz CT molecular complexity index is 694. The molecule has 2 aromatic carbocycles. The Morgan fingerprint density at radius 3 is 2.71 bits per heavy atom. The number of fused-ring (bicyclic) bond motifs is 1. The van der Waals surface area contributed by atoms with Crippen molar-refractivity contribution in [3.05, 3.63) is 53.1 Å². The Kier molecular flexibility index (Phi) is 3.52. The molecule has 0 saturated heterocycles. The Hall–Kier alpha value is -2.49. The molecule has 2 aromatic rings. The van der Waals surface area contributed by atoms with E-state index in [1.54, 1.807) is 32.4 Å². The van der Waals surface area contributed by atoms with Crippen LogP contribution < -0.4 is 14.8 Å². The molecule has 0 amide bonds. The average Bonchev–Trinajstić information content (AvgIpc) is 3.01. The van der Waals surface area contributed by atoms with E-state index in [4.69, 9.17) is 9.47 Å². The number of hydrogen-bond acceptors (Lipinski definition) is 4. The monoisotopic (exact) mass is 283 g/mol. The second-order valence-electron chi connectivity index (χ2n) is 4.94. The maximum atomic E-state index is 12.7. The molecule has 0 aromatic heterocycles. The number of nitrogens with one attached hydrogen (secondary N) is 1. The summed E-state index contributed by atoms with van der Waals surface area (Å²) >= 11 is 0. The van der Waals surface area contributed by atoms with Crippen molar-refractivity contribution < 1.29 is 14.3 Å². The van der Waals surface area contributed by atoms with Crippen LogP contribution in [-0.4, -0.2) is 26.5 Å². The van der Waals surface area contributed by atoms with Crippen molar-refractivity contribution in [1.82, 2.24) is 0 Å². The lowest BCUT2D eigenvalue weighted by Gasteiger charge is -2.10. The van der Waals surface area contributed by atoms with Gasteiger partial charge in [-0.3, -0.25) is 4.79 Å². The minimum Gasteiger partial charge on any atom is -0.497 e. The zero-order chi connectivity index (χ0) is 14.8. The molecule has 0 unspecified atom stereocenters. The quantitative estimate of drug-likeness (QED) is 0.876. The first-order valence-electron chi connectivity index (χ1n) is 6.86. The molecule has 0 fully saturated rings. The van der Waals surface area contributed by atoms with Gasteiger partial charge in [0.2, 0.25) is 0 Å². The number of carbonyl (C=O) groups is 1. The molecule has 0 radical (unpaired) electrons. The molecular formula is C17H17NO3. The van der Waals surface area contributed by atoms with Crippen molar-refractivity contribution in [3.8, 4) is 11.5 Å². The van der Waals surface area contributed by atoms with E-state index in [0.717, 1.165) is 18.7 Å². The summed E-state index contributed by atoms with van der Waals surface area (Å²) in [5.74, 6) is 1.14. The van der Waals surface area contributed by atoms with Gasteiger partial charge in [-0.25, -0.2) is 0 Å².